The Kier molecular flexibility index (Phi) is 5.95. The minimum atomic E-state index is 0.755. The van der Waals surface area contributed by atoms with Gasteiger partial charge in [-0.2, -0.15) is 0 Å². The van der Waals surface area contributed by atoms with Crippen molar-refractivity contribution in [2.75, 3.05) is 25.1 Å². The Morgan fingerprint density at radius 2 is 1.68 bits per heavy atom. The van der Waals surface area contributed by atoms with Crippen LogP contribution in [0.5, 0.6) is 0 Å². The van der Waals surface area contributed by atoms with E-state index in [2.05, 4.69) is 69.2 Å². The lowest BCUT2D eigenvalue weighted by molar-refractivity contribution is 0.147. The van der Waals surface area contributed by atoms with Gasteiger partial charge < -0.3 is 10.1 Å². The molecule has 0 aliphatic carbocycles. The summed E-state index contributed by atoms with van der Waals surface area (Å²) in [6, 6.07) is 19.1. The molecule has 0 bridgehead atoms. The van der Waals surface area contributed by atoms with Gasteiger partial charge in [0.15, 0.2) is 0 Å². The third-order valence-corrected chi connectivity index (χ3v) is 5.52. The van der Waals surface area contributed by atoms with Gasteiger partial charge in [0, 0.05) is 30.7 Å². The molecule has 4 aromatic rings. The zero-order chi connectivity index (χ0) is 19.2. The highest BCUT2D eigenvalue weighted by Gasteiger charge is 2.13. The van der Waals surface area contributed by atoms with Crippen molar-refractivity contribution in [2.45, 2.75) is 13.3 Å². The van der Waals surface area contributed by atoms with E-state index in [9.17, 15) is 0 Å². The molecular weight excluding hydrogens is 366 g/mol. The fraction of sp³-hybridized carbons (Fsp3) is 0.217. The Morgan fingerprint density at radius 3 is 2.46 bits per heavy atom. The molecule has 5 heteroatoms. The first-order valence-electron chi connectivity index (χ1n) is 9.56. The Labute approximate surface area is 169 Å². The molecule has 2 aromatic carbocycles. The standard InChI is InChI=1S/C23H23N3OS/c1-2-27-14-6-13-24-22-21-20(15-28-23(21)26-16-25-22)19-11-9-18(10-12-19)17-7-4-3-5-8-17/h3-5,7-12,15-16H,2,6,13-14H2,1H3,(H,24,25,26). The van der Waals surface area contributed by atoms with Gasteiger partial charge in [-0.3, -0.25) is 0 Å². The molecule has 0 saturated heterocycles. The lowest BCUT2D eigenvalue weighted by Gasteiger charge is -2.09. The second-order valence-electron chi connectivity index (χ2n) is 6.47. The fourth-order valence-corrected chi connectivity index (χ4v) is 4.14. The molecule has 0 fully saturated rings. The molecule has 0 aliphatic heterocycles. The van der Waals surface area contributed by atoms with Crippen LogP contribution in [0, 0.1) is 0 Å². The van der Waals surface area contributed by atoms with Crippen LogP contribution in [0.4, 0.5) is 5.82 Å². The van der Waals surface area contributed by atoms with E-state index in [1.807, 2.05) is 13.0 Å². The second-order valence-corrected chi connectivity index (χ2v) is 7.33. The topological polar surface area (TPSA) is 47.0 Å². The van der Waals surface area contributed by atoms with Crippen LogP contribution in [0.15, 0.2) is 66.3 Å². The van der Waals surface area contributed by atoms with E-state index < -0.39 is 0 Å². The Hall–Kier alpha value is -2.76. The van der Waals surface area contributed by atoms with E-state index in [1.54, 1.807) is 17.7 Å². The first-order chi connectivity index (χ1) is 13.9. The van der Waals surface area contributed by atoms with Crippen LogP contribution < -0.4 is 5.32 Å². The van der Waals surface area contributed by atoms with E-state index in [0.717, 1.165) is 42.2 Å². The Balaban J connectivity index is 1.60. The highest BCUT2D eigenvalue weighted by Crippen LogP contribution is 2.37. The molecule has 0 aliphatic rings. The highest BCUT2D eigenvalue weighted by molar-refractivity contribution is 7.17. The van der Waals surface area contributed by atoms with Crippen molar-refractivity contribution in [3.05, 3.63) is 66.3 Å². The van der Waals surface area contributed by atoms with Gasteiger partial charge in [0.1, 0.15) is 17.0 Å². The summed E-state index contributed by atoms with van der Waals surface area (Å²) in [5.74, 6) is 0.893. The molecular formula is C23H23N3OS. The zero-order valence-electron chi connectivity index (χ0n) is 15.9. The number of ether oxygens (including phenoxy) is 1. The Morgan fingerprint density at radius 1 is 0.929 bits per heavy atom. The third-order valence-electron chi connectivity index (χ3n) is 4.64. The number of fused-ring (bicyclic) bond motifs is 1. The molecule has 0 amide bonds. The molecule has 1 N–H and O–H groups in total. The van der Waals surface area contributed by atoms with Gasteiger partial charge in [-0.25, -0.2) is 9.97 Å². The average molecular weight is 390 g/mol. The summed E-state index contributed by atoms with van der Waals surface area (Å²) in [4.78, 5) is 9.95. The number of aromatic nitrogens is 2. The average Bonchev–Trinajstić information content (AvgIpc) is 3.19. The van der Waals surface area contributed by atoms with Crippen molar-refractivity contribution in [1.29, 1.82) is 0 Å². The zero-order valence-corrected chi connectivity index (χ0v) is 16.7. The molecule has 142 valence electrons. The van der Waals surface area contributed by atoms with Crippen molar-refractivity contribution >= 4 is 27.4 Å². The van der Waals surface area contributed by atoms with Crippen LogP contribution >= 0.6 is 11.3 Å². The van der Waals surface area contributed by atoms with Crippen LogP contribution in [-0.2, 0) is 4.74 Å². The lowest BCUT2D eigenvalue weighted by atomic mass is 10.0. The Bertz CT molecular complexity index is 1030. The second kappa shape index (κ2) is 8.95. The number of anilines is 1. The minimum Gasteiger partial charge on any atom is -0.382 e. The van der Waals surface area contributed by atoms with Crippen LogP contribution in [-0.4, -0.2) is 29.7 Å². The fourth-order valence-electron chi connectivity index (χ4n) is 3.22. The molecule has 2 aromatic heterocycles. The molecule has 28 heavy (non-hydrogen) atoms. The lowest BCUT2D eigenvalue weighted by Crippen LogP contribution is -2.07. The summed E-state index contributed by atoms with van der Waals surface area (Å²) >= 11 is 1.66. The molecule has 0 spiro atoms. The van der Waals surface area contributed by atoms with Crippen LogP contribution in [0.3, 0.4) is 0 Å². The van der Waals surface area contributed by atoms with E-state index in [1.165, 1.54) is 22.3 Å². The summed E-state index contributed by atoms with van der Waals surface area (Å²) in [6.45, 7) is 4.36. The first-order valence-corrected chi connectivity index (χ1v) is 10.4. The summed E-state index contributed by atoms with van der Waals surface area (Å²) in [5, 5.41) is 6.72. The van der Waals surface area contributed by atoms with Gasteiger partial charge in [0.05, 0.1) is 5.39 Å². The van der Waals surface area contributed by atoms with Crippen LogP contribution in [0.1, 0.15) is 13.3 Å². The number of nitrogens with zero attached hydrogens (tertiary/aromatic N) is 2. The van der Waals surface area contributed by atoms with Gasteiger partial charge in [0.2, 0.25) is 0 Å². The quantitative estimate of drug-likeness (QED) is 0.383. The maximum absolute atomic E-state index is 5.41. The molecule has 4 nitrogen and oxygen atoms in total. The minimum absolute atomic E-state index is 0.755. The van der Waals surface area contributed by atoms with Crippen molar-refractivity contribution in [3.8, 4) is 22.3 Å². The maximum Gasteiger partial charge on any atom is 0.138 e. The number of hydrogen-bond acceptors (Lipinski definition) is 5. The number of rotatable bonds is 8. The first kappa shape index (κ1) is 18.6. The van der Waals surface area contributed by atoms with Gasteiger partial charge in [-0.05, 0) is 30.0 Å². The van der Waals surface area contributed by atoms with E-state index >= 15 is 0 Å². The monoisotopic (exact) mass is 389 g/mol. The number of thiophene rings is 1. The summed E-state index contributed by atoms with van der Waals surface area (Å²) in [6.07, 6.45) is 2.58. The summed E-state index contributed by atoms with van der Waals surface area (Å²) in [7, 11) is 0. The van der Waals surface area contributed by atoms with Gasteiger partial charge >= 0.3 is 0 Å². The largest absolute Gasteiger partial charge is 0.382 e. The van der Waals surface area contributed by atoms with Crippen molar-refractivity contribution in [3.63, 3.8) is 0 Å². The predicted molar refractivity (Wildman–Crippen MR) is 118 cm³/mol. The maximum atomic E-state index is 5.41. The summed E-state index contributed by atoms with van der Waals surface area (Å²) < 4.78 is 5.41. The molecule has 0 unspecified atom stereocenters. The highest BCUT2D eigenvalue weighted by atomic mass is 32.1. The number of benzene rings is 2. The normalized spacial score (nSPS) is 11.0. The van der Waals surface area contributed by atoms with E-state index in [0.29, 0.717) is 0 Å². The van der Waals surface area contributed by atoms with Crippen molar-refractivity contribution < 1.29 is 4.74 Å². The molecule has 2 heterocycles. The SMILES string of the molecule is CCOCCCNc1ncnc2scc(-c3ccc(-c4ccccc4)cc3)c12. The van der Waals surface area contributed by atoms with Gasteiger partial charge in [-0.15, -0.1) is 11.3 Å². The molecule has 0 radical (unpaired) electrons. The molecule has 0 saturated carbocycles. The van der Waals surface area contributed by atoms with Gasteiger partial charge in [-0.1, -0.05) is 54.6 Å². The van der Waals surface area contributed by atoms with E-state index in [-0.39, 0.29) is 0 Å². The third kappa shape index (κ3) is 4.06. The van der Waals surface area contributed by atoms with Crippen LogP contribution in [0.2, 0.25) is 0 Å². The van der Waals surface area contributed by atoms with Crippen LogP contribution in [0.25, 0.3) is 32.5 Å². The van der Waals surface area contributed by atoms with Gasteiger partial charge in [0.25, 0.3) is 0 Å². The number of nitrogens with one attached hydrogen (secondary N) is 1. The number of hydrogen-bond donors (Lipinski definition) is 1. The molecule has 0 atom stereocenters. The van der Waals surface area contributed by atoms with E-state index in [4.69, 9.17) is 4.74 Å². The smallest absolute Gasteiger partial charge is 0.138 e. The van der Waals surface area contributed by atoms with Crippen molar-refractivity contribution in [1.82, 2.24) is 9.97 Å². The van der Waals surface area contributed by atoms with Crippen molar-refractivity contribution in [2.24, 2.45) is 0 Å². The predicted octanol–water partition coefficient (Wildman–Crippen LogP) is 5.86. The molecule has 4 rings (SSSR count). The summed E-state index contributed by atoms with van der Waals surface area (Å²) in [5.41, 5.74) is 4.80.